The molecule has 0 N–H and O–H groups in total. The molecule has 0 saturated heterocycles. The molecule has 3 heteroatoms. The van der Waals surface area contributed by atoms with Gasteiger partial charge < -0.3 is 9.90 Å². The lowest BCUT2D eigenvalue weighted by Gasteiger charge is -2.50. The third kappa shape index (κ3) is 1.76. The number of hydrogen-bond donors (Lipinski definition) is 0. The van der Waals surface area contributed by atoms with Crippen LogP contribution >= 0.6 is 15.9 Å². The molecule has 1 aliphatic carbocycles. The normalized spacial score (nSPS) is 38.6. The minimum Gasteiger partial charge on any atom is -0.550 e. The van der Waals surface area contributed by atoms with Crippen molar-refractivity contribution >= 4 is 21.9 Å². The van der Waals surface area contributed by atoms with Crippen molar-refractivity contribution in [1.29, 1.82) is 0 Å². The summed E-state index contributed by atoms with van der Waals surface area (Å²) in [6, 6.07) is 0. The van der Waals surface area contributed by atoms with Crippen LogP contribution in [0.3, 0.4) is 0 Å². The molecule has 0 heterocycles. The molecule has 0 spiro atoms. The van der Waals surface area contributed by atoms with E-state index >= 15 is 0 Å². The van der Waals surface area contributed by atoms with Crippen LogP contribution in [0.4, 0.5) is 0 Å². The zero-order chi connectivity index (χ0) is 10.3. The molecule has 2 nitrogen and oxygen atoms in total. The summed E-state index contributed by atoms with van der Waals surface area (Å²) >= 11 is 3.55. The van der Waals surface area contributed by atoms with Gasteiger partial charge in [0, 0.05) is 16.2 Å². The maximum Gasteiger partial charge on any atom is 0.0478 e. The van der Waals surface area contributed by atoms with E-state index in [9.17, 15) is 9.90 Å². The second kappa shape index (κ2) is 3.26. The molecule has 1 aliphatic rings. The first-order valence-corrected chi connectivity index (χ1v) is 5.57. The molecule has 0 aromatic heterocycles. The number of carboxylic acids is 1. The number of carbonyl (C=O) groups excluding carboxylic acids is 1. The Labute approximate surface area is 87.8 Å². The number of carbonyl (C=O) groups is 1. The van der Waals surface area contributed by atoms with Crippen LogP contribution < -0.4 is 5.11 Å². The fourth-order valence-electron chi connectivity index (χ4n) is 2.04. The summed E-state index contributed by atoms with van der Waals surface area (Å²) in [5.41, 5.74) is -0.852. The van der Waals surface area contributed by atoms with Crippen LogP contribution in [0.25, 0.3) is 0 Å². The Morgan fingerprint density at radius 2 is 2.00 bits per heavy atom. The number of hydrogen-bond acceptors (Lipinski definition) is 2. The van der Waals surface area contributed by atoms with E-state index in [0.29, 0.717) is 11.2 Å². The zero-order valence-corrected chi connectivity index (χ0v) is 9.98. The summed E-state index contributed by atoms with van der Waals surface area (Å²) in [4.78, 5) is 11.5. The van der Waals surface area contributed by atoms with Crippen molar-refractivity contribution in [3.8, 4) is 0 Å². The first-order chi connectivity index (χ1) is 5.79. The van der Waals surface area contributed by atoms with Crippen molar-refractivity contribution in [1.82, 2.24) is 0 Å². The molecule has 2 atom stereocenters. The van der Waals surface area contributed by atoms with Gasteiger partial charge in [0.2, 0.25) is 0 Å². The third-order valence-corrected chi connectivity index (χ3v) is 4.42. The average molecular weight is 248 g/mol. The van der Waals surface area contributed by atoms with Crippen molar-refractivity contribution in [3.63, 3.8) is 0 Å². The highest BCUT2D eigenvalue weighted by atomic mass is 79.9. The molecule has 0 bridgehead atoms. The molecule has 1 fully saturated rings. The molecule has 1 rings (SSSR count). The van der Waals surface area contributed by atoms with E-state index in [1.165, 1.54) is 0 Å². The maximum absolute atomic E-state index is 11.1. The van der Waals surface area contributed by atoms with Gasteiger partial charge in [-0.15, -0.1) is 0 Å². The van der Waals surface area contributed by atoms with Crippen LogP contribution in [0.15, 0.2) is 0 Å². The fraction of sp³-hybridized carbons (Fsp3) is 0.900. The first-order valence-electron chi connectivity index (χ1n) is 4.65. The van der Waals surface area contributed by atoms with E-state index < -0.39 is 11.4 Å². The molecule has 0 aliphatic heterocycles. The van der Waals surface area contributed by atoms with E-state index in [1.54, 1.807) is 6.92 Å². The summed E-state index contributed by atoms with van der Waals surface area (Å²) in [6.45, 7) is 5.83. The lowest BCUT2D eigenvalue weighted by Crippen LogP contribution is -2.52. The van der Waals surface area contributed by atoms with Gasteiger partial charge in [-0.2, -0.15) is 0 Å². The van der Waals surface area contributed by atoms with E-state index in [4.69, 9.17) is 0 Å². The van der Waals surface area contributed by atoms with E-state index in [1.807, 2.05) is 13.8 Å². The van der Waals surface area contributed by atoms with Gasteiger partial charge >= 0.3 is 0 Å². The minimum absolute atomic E-state index is 0.182. The molecule has 0 aromatic rings. The lowest BCUT2D eigenvalue weighted by atomic mass is 9.59. The van der Waals surface area contributed by atoms with Crippen LogP contribution in [0, 0.1) is 10.8 Å². The Bertz CT molecular complexity index is 225. The van der Waals surface area contributed by atoms with Crippen LogP contribution in [0.1, 0.15) is 40.0 Å². The quantitative estimate of drug-likeness (QED) is 0.663. The predicted octanol–water partition coefficient (Wildman–Crippen LogP) is 1.72. The first kappa shape index (κ1) is 11.0. The Hall–Kier alpha value is -0.0500. The van der Waals surface area contributed by atoms with Crippen molar-refractivity contribution in [2.45, 2.75) is 44.9 Å². The number of aliphatic carboxylic acids is 1. The third-order valence-electron chi connectivity index (χ3n) is 3.63. The van der Waals surface area contributed by atoms with Crippen molar-refractivity contribution in [2.75, 3.05) is 0 Å². The molecule has 0 amide bonds. The molecular weight excluding hydrogens is 232 g/mol. The van der Waals surface area contributed by atoms with Gasteiger partial charge in [0.05, 0.1) is 0 Å². The summed E-state index contributed by atoms with van der Waals surface area (Å²) < 4.78 is 0. The van der Waals surface area contributed by atoms with Crippen LogP contribution in [-0.2, 0) is 4.79 Å². The van der Waals surface area contributed by atoms with Gasteiger partial charge in [-0.3, -0.25) is 0 Å². The monoisotopic (exact) mass is 247 g/mol. The summed E-state index contributed by atoms with van der Waals surface area (Å²) in [7, 11) is 0. The van der Waals surface area contributed by atoms with Crippen molar-refractivity contribution in [2.24, 2.45) is 10.8 Å². The van der Waals surface area contributed by atoms with Gasteiger partial charge in [0.25, 0.3) is 0 Å². The Morgan fingerprint density at radius 3 is 2.38 bits per heavy atom. The summed E-state index contributed by atoms with van der Waals surface area (Å²) in [5, 5.41) is 11.1. The molecule has 13 heavy (non-hydrogen) atoms. The van der Waals surface area contributed by atoms with Gasteiger partial charge in [-0.05, 0) is 24.7 Å². The number of alkyl halides is 1. The SMILES string of the molecule is CC1(C)CC(Br)CCC1(C)C(=O)[O-]. The van der Waals surface area contributed by atoms with E-state index in [-0.39, 0.29) is 5.41 Å². The maximum atomic E-state index is 11.1. The highest BCUT2D eigenvalue weighted by Gasteiger charge is 2.46. The predicted molar refractivity (Wildman–Crippen MR) is 53.5 cm³/mol. The molecular formula is C10H16BrO2-. The number of carboxylic acid groups (broad SMARTS) is 1. The largest absolute Gasteiger partial charge is 0.550 e. The summed E-state index contributed by atoms with van der Waals surface area (Å²) in [5.74, 6) is -0.906. The average Bonchev–Trinajstić information content (AvgIpc) is 1.96. The van der Waals surface area contributed by atoms with E-state index in [0.717, 1.165) is 12.8 Å². The van der Waals surface area contributed by atoms with Crippen LogP contribution in [0.5, 0.6) is 0 Å². The lowest BCUT2D eigenvalue weighted by molar-refractivity contribution is -0.325. The topological polar surface area (TPSA) is 40.1 Å². The molecule has 1 saturated carbocycles. The highest BCUT2D eigenvalue weighted by Crippen LogP contribution is 2.51. The van der Waals surface area contributed by atoms with Crippen LogP contribution in [-0.4, -0.2) is 10.8 Å². The van der Waals surface area contributed by atoms with Gasteiger partial charge in [-0.25, -0.2) is 0 Å². The van der Waals surface area contributed by atoms with E-state index in [2.05, 4.69) is 15.9 Å². The van der Waals surface area contributed by atoms with Gasteiger partial charge in [0.1, 0.15) is 0 Å². The Morgan fingerprint density at radius 1 is 1.46 bits per heavy atom. The molecule has 0 aromatic carbocycles. The second-order valence-corrected chi connectivity index (χ2v) is 6.14. The Kier molecular flexibility index (Phi) is 2.77. The fourth-order valence-corrected chi connectivity index (χ4v) is 3.08. The second-order valence-electron chi connectivity index (χ2n) is 4.84. The highest BCUT2D eigenvalue weighted by molar-refractivity contribution is 9.09. The smallest absolute Gasteiger partial charge is 0.0478 e. The molecule has 2 unspecified atom stereocenters. The standard InChI is InChI=1S/C10H17BrO2/c1-9(2)6-7(11)4-5-10(9,3)8(12)13/h7H,4-6H2,1-3H3,(H,12,13)/p-1. The zero-order valence-electron chi connectivity index (χ0n) is 8.39. The van der Waals surface area contributed by atoms with Crippen molar-refractivity contribution < 1.29 is 9.90 Å². The Balaban J connectivity index is 2.92. The summed E-state index contributed by atoms with van der Waals surface area (Å²) in [6.07, 6.45) is 2.53. The van der Waals surface area contributed by atoms with Gasteiger partial charge in [-0.1, -0.05) is 36.7 Å². The van der Waals surface area contributed by atoms with Crippen molar-refractivity contribution in [3.05, 3.63) is 0 Å². The number of halogens is 1. The number of rotatable bonds is 1. The minimum atomic E-state index is -0.906. The molecule has 0 radical (unpaired) electrons. The van der Waals surface area contributed by atoms with Crippen LogP contribution in [0.2, 0.25) is 0 Å². The van der Waals surface area contributed by atoms with Gasteiger partial charge in [0.15, 0.2) is 0 Å². The molecule has 76 valence electrons.